The maximum Gasteiger partial charge on any atom is 0.186 e. The van der Waals surface area contributed by atoms with E-state index >= 15 is 0 Å². The van der Waals surface area contributed by atoms with Gasteiger partial charge in [0.25, 0.3) is 0 Å². The van der Waals surface area contributed by atoms with Crippen LogP contribution in [-0.2, 0) is 0 Å². The molecule has 0 saturated heterocycles. The highest BCUT2D eigenvalue weighted by atomic mass is 35.5. The molecular formula is C25H23ClN2O. The zero-order valence-electron chi connectivity index (χ0n) is 16.2. The third-order valence-corrected chi connectivity index (χ3v) is 5.57. The maximum atomic E-state index is 13.5. The number of nitrogens with one attached hydrogen (secondary N) is 2. The quantitative estimate of drug-likeness (QED) is 0.365. The Kier molecular flexibility index (Phi) is 5.79. The Bertz CT molecular complexity index is 1100. The molecule has 0 radical (unpaired) electrons. The predicted octanol–water partition coefficient (Wildman–Crippen LogP) is 6.14. The van der Waals surface area contributed by atoms with E-state index in [1.54, 1.807) is 0 Å². The van der Waals surface area contributed by atoms with Crippen LogP contribution in [0.3, 0.4) is 0 Å². The van der Waals surface area contributed by atoms with Crippen molar-refractivity contribution < 1.29 is 4.79 Å². The van der Waals surface area contributed by atoms with Gasteiger partial charge in [0.2, 0.25) is 0 Å². The number of halogens is 1. The minimum absolute atomic E-state index is 0.0666. The van der Waals surface area contributed by atoms with Crippen molar-refractivity contribution in [2.45, 2.75) is 18.9 Å². The molecule has 0 amide bonds. The van der Waals surface area contributed by atoms with Crippen LogP contribution in [0.15, 0.2) is 85.1 Å². The molecule has 1 heterocycles. The number of carbonyl (C=O) groups is 1. The van der Waals surface area contributed by atoms with E-state index in [-0.39, 0.29) is 11.7 Å². The Hall–Kier alpha value is -2.88. The number of aromatic amines is 1. The molecule has 2 atom stereocenters. The first-order valence-electron chi connectivity index (χ1n) is 9.77. The van der Waals surface area contributed by atoms with Crippen LogP contribution >= 0.6 is 11.6 Å². The van der Waals surface area contributed by atoms with Gasteiger partial charge in [-0.3, -0.25) is 4.79 Å². The van der Waals surface area contributed by atoms with Crippen molar-refractivity contribution in [1.29, 1.82) is 0 Å². The fourth-order valence-corrected chi connectivity index (χ4v) is 3.77. The topological polar surface area (TPSA) is 44.9 Å². The molecule has 2 unspecified atom stereocenters. The van der Waals surface area contributed by atoms with Gasteiger partial charge < -0.3 is 10.3 Å². The second-order valence-electron chi connectivity index (χ2n) is 7.32. The number of fused-ring (bicyclic) bond motifs is 1. The maximum absolute atomic E-state index is 13.5. The second-order valence-corrected chi connectivity index (χ2v) is 7.75. The third kappa shape index (κ3) is 4.26. The van der Waals surface area contributed by atoms with E-state index in [2.05, 4.69) is 17.2 Å². The van der Waals surface area contributed by atoms with Crippen molar-refractivity contribution in [3.05, 3.63) is 107 Å². The summed E-state index contributed by atoms with van der Waals surface area (Å²) in [7, 11) is 0. The van der Waals surface area contributed by atoms with E-state index in [1.807, 2.05) is 85.1 Å². The Morgan fingerprint density at radius 3 is 2.38 bits per heavy atom. The van der Waals surface area contributed by atoms with E-state index in [0.717, 1.165) is 21.5 Å². The molecular weight excluding hydrogens is 380 g/mol. The molecule has 4 rings (SSSR count). The van der Waals surface area contributed by atoms with Crippen molar-refractivity contribution in [2.24, 2.45) is 0 Å². The first kappa shape index (κ1) is 19.4. The number of H-pyrrole nitrogens is 1. The number of Topliss-reactive ketones (excluding diaryl/α,β-unsaturated/α-hetero) is 1. The van der Waals surface area contributed by atoms with Gasteiger partial charge in [0.1, 0.15) is 0 Å². The van der Waals surface area contributed by atoms with E-state index in [1.165, 1.54) is 5.56 Å². The minimum atomic E-state index is -0.412. The Morgan fingerprint density at radius 2 is 1.62 bits per heavy atom. The summed E-state index contributed by atoms with van der Waals surface area (Å²) in [6.07, 6.45) is 1.81. The van der Waals surface area contributed by atoms with Crippen LogP contribution in [0.1, 0.15) is 40.4 Å². The SMILES string of the molecule is CC(CNC(C(=O)c1c[nH]c2ccccc12)c1ccccc1)c1ccc(Cl)cc1. The molecule has 0 saturated carbocycles. The number of rotatable bonds is 7. The minimum Gasteiger partial charge on any atom is -0.360 e. The molecule has 0 aliphatic rings. The van der Waals surface area contributed by atoms with Crippen molar-refractivity contribution >= 4 is 28.3 Å². The fraction of sp³-hybridized carbons (Fsp3) is 0.160. The first-order valence-corrected chi connectivity index (χ1v) is 10.2. The molecule has 4 heteroatoms. The predicted molar refractivity (Wildman–Crippen MR) is 120 cm³/mol. The van der Waals surface area contributed by atoms with Crippen LogP contribution in [0.5, 0.6) is 0 Å². The highest BCUT2D eigenvalue weighted by Gasteiger charge is 2.24. The number of ketones is 1. The molecule has 4 aromatic rings. The number of hydrogen-bond acceptors (Lipinski definition) is 2. The molecule has 0 spiro atoms. The van der Waals surface area contributed by atoms with Crippen molar-refractivity contribution in [3.8, 4) is 0 Å². The lowest BCUT2D eigenvalue weighted by Gasteiger charge is -2.21. The Labute approximate surface area is 175 Å². The molecule has 3 aromatic carbocycles. The largest absolute Gasteiger partial charge is 0.360 e. The van der Waals surface area contributed by atoms with Gasteiger partial charge >= 0.3 is 0 Å². The summed E-state index contributed by atoms with van der Waals surface area (Å²) in [4.78, 5) is 16.7. The van der Waals surface area contributed by atoms with Gasteiger partial charge in [0, 0.05) is 34.2 Å². The van der Waals surface area contributed by atoms with Gasteiger partial charge in [-0.05, 0) is 35.2 Å². The highest BCUT2D eigenvalue weighted by molar-refractivity contribution is 6.30. The fourth-order valence-electron chi connectivity index (χ4n) is 3.64. The van der Waals surface area contributed by atoms with Crippen LogP contribution in [-0.4, -0.2) is 17.3 Å². The monoisotopic (exact) mass is 402 g/mol. The lowest BCUT2D eigenvalue weighted by Crippen LogP contribution is -2.31. The average molecular weight is 403 g/mol. The summed E-state index contributed by atoms with van der Waals surface area (Å²) >= 11 is 6.01. The smallest absolute Gasteiger partial charge is 0.186 e. The van der Waals surface area contributed by atoms with Gasteiger partial charge in [0.15, 0.2) is 5.78 Å². The molecule has 146 valence electrons. The zero-order chi connectivity index (χ0) is 20.2. The van der Waals surface area contributed by atoms with Crippen LogP contribution in [0.25, 0.3) is 10.9 Å². The second kappa shape index (κ2) is 8.64. The molecule has 0 aliphatic carbocycles. The lowest BCUT2D eigenvalue weighted by atomic mass is 9.95. The first-order chi connectivity index (χ1) is 14.1. The molecule has 0 aliphatic heterocycles. The molecule has 0 bridgehead atoms. The molecule has 3 nitrogen and oxygen atoms in total. The van der Waals surface area contributed by atoms with Crippen LogP contribution in [0.2, 0.25) is 5.02 Å². The lowest BCUT2D eigenvalue weighted by molar-refractivity contribution is 0.0944. The molecule has 29 heavy (non-hydrogen) atoms. The van der Waals surface area contributed by atoms with E-state index in [4.69, 9.17) is 11.6 Å². The summed E-state index contributed by atoms with van der Waals surface area (Å²) in [5.74, 6) is 0.311. The summed E-state index contributed by atoms with van der Waals surface area (Å²) in [6, 6.07) is 25.3. The van der Waals surface area contributed by atoms with Gasteiger partial charge in [0.05, 0.1) is 6.04 Å². The highest BCUT2D eigenvalue weighted by Crippen LogP contribution is 2.26. The summed E-state index contributed by atoms with van der Waals surface area (Å²) < 4.78 is 0. The van der Waals surface area contributed by atoms with E-state index < -0.39 is 6.04 Å². The van der Waals surface area contributed by atoms with Crippen molar-refractivity contribution in [3.63, 3.8) is 0 Å². The molecule has 2 N–H and O–H groups in total. The van der Waals surface area contributed by atoms with E-state index in [0.29, 0.717) is 12.1 Å². The Morgan fingerprint density at radius 1 is 0.931 bits per heavy atom. The van der Waals surface area contributed by atoms with Gasteiger partial charge in [-0.1, -0.05) is 79.2 Å². The number of aromatic nitrogens is 1. The van der Waals surface area contributed by atoms with Crippen LogP contribution < -0.4 is 5.32 Å². The van der Waals surface area contributed by atoms with Gasteiger partial charge in [-0.15, -0.1) is 0 Å². The number of para-hydroxylation sites is 1. The molecule has 1 aromatic heterocycles. The molecule has 0 fully saturated rings. The van der Waals surface area contributed by atoms with Gasteiger partial charge in [-0.25, -0.2) is 0 Å². The normalized spacial score (nSPS) is 13.3. The van der Waals surface area contributed by atoms with Crippen molar-refractivity contribution in [1.82, 2.24) is 10.3 Å². The van der Waals surface area contributed by atoms with Crippen LogP contribution in [0.4, 0.5) is 0 Å². The van der Waals surface area contributed by atoms with E-state index in [9.17, 15) is 4.79 Å². The van der Waals surface area contributed by atoms with Gasteiger partial charge in [-0.2, -0.15) is 0 Å². The van der Waals surface area contributed by atoms with Crippen molar-refractivity contribution in [2.75, 3.05) is 6.54 Å². The summed E-state index contributed by atoms with van der Waals surface area (Å²) in [5.41, 5.74) is 3.83. The zero-order valence-corrected chi connectivity index (χ0v) is 17.0. The Balaban J connectivity index is 1.60. The third-order valence-electron chi connectivity index (χ3n) is 5.32. The number of benzene rings is 3. The summed E-state index contributed by atoms with van der Waals surface area (Å²) in [5, 5.41) is 5.18. The number of carbonyl (C=O) groups excluding carboxylic acids is 1. The standard InChI is InChI=1S/C25H23ClN2O/c1-17(18-11-13-20(26)14-12-18)15-28-24(19-7-3-2-4-8-19)25(29)22-16-27-23-10-6-5-9-21(22)23/h2-14,16-17,24,27-28H,15H2,1H3. The average Bonchev–Trinajstić information content (AvgIpc) is 3.19. The number of hydrogen-bond donors (Lipinski definition) is 2. The van der Waals surface area contributed by atoms with Crippen LogP contribution in [0, 0.1) is 0 Å². The summed E-state index contributed by atoms with van der Waals surface area (Å²) in [6.45, 7) is 2.82.